The predicted molar refractivity (Wildman–Crippen MR) is 101 cm³/mol. The molecule has 2 saturated heterocycles. The second-order valence-corrected chi connectivity index (χ2v) is 7.64. The quantitative estimate of drug-likeness (QED) is 0.890. The van der Waals surface area contributed by atoms with Gasteiger partial charge in [-0.15, -0.1) is 11.8 Å². The Morgan fingerprint density at radius 2 is 1.84 bits per heavy atom. The molecule has 1 N–H and O–H groups in total. The Labute approximate surface area is 152 Å². The number of nitrogens with zero attached hydrogens (tertiary/aromatic N) is 1. The lowest BCUT2D eigenvalue weighted by Gasteiger charge is -2.19. The normalized spacial score (nSPS) is 23.2. The molecular formula is C20H22N2O2S. The summed E-state index contributed by atoms with van der Waals surface area (Å²) in [6.07, 6.45) is 1.17. The lowest BCUT2D eigenvalue weighted by atomic mass is 10.1. The van der Waals surface area contributed by atoms with Gasteiger partial charge in [-0.2, -0.15) is 0 Å². The standard InChI is InChI=1S/C20H22N2O2S/c23-20-19(25-14-22(20)13-15-10-11-21-12-15)16-6-8-18(9-7-16)24-17-4-2-1-3-5-17/h1-9,15,19,21H,10-14H2. The summed E-state index contributed by atoms with van der Waals surface area (Å²) in [5.41, 5.74) is 1.06. The van der Waals surface area contributed by atoms with Crippen molar-refractivity contribution in [3.05, 3.63) is 60.2 Å². The molecule has 0 radical (unpaired) electrons. The van der Waals surface area contributed by atoms with Crippen LogP contribution in [-0.4, -0.2) is 36.3 Å². The number of thioether (sulfide) groups is 1. The monoisotopic (exact) mass is 354 g/mol. The molecule has 2 aliphatic heterocycles. The summed E-state index contributed by atoms with van der Waals surface area (Å²) in [5.74, 6) is 3.25. The number of benzene rings is 2. The molecular weight excluding hydrogens is 332 g/mol. The molecule has 1 amide bonds. The zero-order valence-electron chi connectivity index (χ0n) is 14.1. The van der Waals surface area contributed by atoms with E-state index >= 15 is 0 Å². The Bertz CT molecular complexity index is 714. The molecule has 0 aliphatic carbocycles. The van der Waals surface area contributed by atoms with Gasteiger partial charge in [0.2, 0.25) is 5.91 Å². The van der Waals surface area contributed by atoms with Gasteiger partial charge in [0.15, 0.2) is 0 Å². The van der Waals surface area contributed by atoms with Crippen LogP contribution >= 0.6 is 11.8 Å². The molecule has 5 heteroatoms. The molecule has 0 saturated carbocycles. The van der Waals surface area contributed by atoms with Crippen LogP contribution in [0.1, 0.15) is 17.2 Å². The third kappa shape index (κ3) is 3.83. The van der Waals surface area contributed by atoms with E-state index in [1.807, 2.05) is 59.5 Å². The number of rotatable bonds is 5. The van der Waals surface area contributed by atoms with Crippen LogP contribution in [0.15, 0.2) is 54.6 Å². The number of carbonyl (C=O) groups is 1. The topological polar surface area (TPSA) is 41.6 Å². The molecule has 0 spiro atoms. The summed E-state index contributed by atoms with van der Waals surface area (Å²) in [6.45, 7) is 2.99. The van der Waals surface area contributed by atoms with Gasteiger partial charge in [-0.1, -0.05) is 30.3 Å². The molecule has 4 nitrogen and oxygen atoms in total. The third-order valence-corrected chi connectivity index (χ3v) is 6.00. The maximum atomic E-state index is 12.7. The highest BCUT2D eigenvalue weighted by Crippen LogP contribution is 2.38. The first-order valence-electron chi connectivity index (χ1n) is 8.73. The van der Waals surface area contributed by atoms with Gasteiger partial charge in [0.25, 0.3) is 0 Å². The van der Waals surface area contributed by atoms with E-state index < -0.39 is 0 Å². The zero-order chi connectivity index (χ0) is 17.1. The number of ether oxygens (including phenoxy) is 1. The van der Waals surface area contributed by atoms with Gasteiger partial charge in [-0.3, -0.25) is 4.79 Å². The van der Waals surface area contributed by atoms with Gasteiger partial charge in [-0.25, -0.2) is 0 Å². The molecule has 2 aromatic rings. The molecule has 2 heterocycles. The number of nitrogens with one attached hydrogen (secondary N) is 1. The van der Waals surface area contributed by atoms with Crippen LogP contribution in [-0.2, 0) is 4.79 Å². The van der Waals surface area contributed by atoms with Crippen LogP contribution in [0.5, 0.6) is 11.5 Å². The second kappa shape index (κ2) is 7.50. The van der Waals surface area contributed by atoms with Gasteiger partial charge >= 0.3 is 0 Å². The van der Waals surface area contributed by atoms with Crippen molar-refractivity contribution in [2.45, 2.75) is 11.7 Å². The Morgan fingerprint density at radius 3 is 2.56 bits per heavy atom. The van der Waals surface area contributed by atoms with Gasteiger partial charge in [0.05, 0.1) is 5.88 Å². The third-order valence-electron chi connectivity index (χ3n) is 4.74. The first-order valence-corrected chi connectivity index (χ1v) is 9.78. The highest BCUT2D eigenvalue weighted by molar-refractivity contribution is 8.00. The van der Waals surface area contributed by atoms with Crippen LogP contribution in [0.25, 0.3) is 0 Å². The summed E-state index contributed by atoms with van der Waals surface area (Å²) in [6, 6.07) is 17.6. The van der Waals surface area contributed by atoms with Gasteiger partial charge in [0.1, 0.15) is 16.7 Å². The Kier molecular flexibility index (Phi) is 4.95. The van der Waals surface area contributed by atoms with E-state index in [0.717, 1.165) is 42.6 Å². The van der Waals surface area contributed by atoms with Crippen molar-refractivity contribution in [2.24, 2.45) is 5.92 Å². The van der Waals surface area contributed by atoms with E-state index in [2.05, 4.69) is 5.32 Å². The highest BCUT2D eigenvalue weighted by atomic mass is 32.2. The largest absolute Gasteiger partial charge is 0.457 e. The molecule has 2 unspecified atom stereocenters. The SMILES string of the molecule is O=C1C(c2ccc(Oc3ccccc3)cc2)SCN1CC1CCNC1. The number of hydrogen-bond acceptors (Lipinski definition) is 4. The fraction of sp³-hybridized carbons (Fsp3) is 0.350. The smallest absolute Gasteiger partial charge is 0.240 e. The average Bonchev–Trinajstić information content (AvgIpc) is 3.28. The number of para-hydroxylation sites is 1. The Morgan fingerprint density at radius 1 is 1.08 bits per heavy atom. The maximum absolute atomic E-state index is 12.7. The van der Waals surface area contributed by atoms with Gasteiger partial charge in [0, 0.05) is 6.54 Å². The fourth-order valence-electron chi connectivity index (χ4n) is 3.36. The van der Waals surface area contributed by atoms with Crippen molar-refractivity contribution in [1.82, 2.24) is 10.2 Å². The van der Waals surface area contributed by atoms with E-state index in [9.17, 15) is 4.79 Å². The van der Waals surface area contributed by atoms with Crippen LogP contribution < -0.4 is 10.1 Å². The summed E-state index contributed by atoms with van der Waals surface area (Å²) < 4.78 is 5.82. The van der Waals surface area contributed by atoms with E-state index in [4.69, 9.17) is 4.74 Å². The summed E-state index contributed by atoms with van der Waals surface area (Å²) in [7, 11) is 0. The first-order chi connectivity index (χ1) is 12.3. The average molecular weight is 354 g/mol. The van der Waals surface area contributed by atoms with Crippen molar-refractivity contribution >= 4 is 17.7 Å². The molecule has 2 aromatic carbocycles. The van der Waals surface area contributed by atoms with Crippen molar-refractivity contribution in [3.8, 4) is 11.5 Å². The van der Waals surface area contributed by atoms with Crippen molar-refractivity contribution in [3.63, 3.8) is 0 Å². The van der Waals surface area contributed by atoms with Gasteiger partial charge in [-0.05, 0) is 55.3 Å². The highest BCUT2D eigenvalue weighted by Gasteiger charge is 2.34. The minimum Gasteiger partial charge on any atom is -0.457 e. The molecule has 4 rings (SSSR count). The molecule has 2 fully saturated rings. The number of hydrogen-bond donors (Lipinski definition) is 1. The van der Waals surface area contributed by atoms with E-state index in [0.29, 0.717) is 5.92 Å². The minimum absolute atomic E-state index is 0.0832. The minimum atomic E-state index is -0.0832. The molecule has 2 aliphatic rings. The Balaban J connectivity index is 1.39. The van der Waals surface area contributed by atoms with Crippen LogP contribution in [0, 0.1) is 5.92 Å². The summed E-state index contributed by atoms with van der Waals surface area (Å²) >= 11 is 1.72. The maximum Gasteiger partial charge on any atom is 0.240 e. The Hall–Kier alpha value is -1.98. The summed E-state index contributed by atoms with van der Waals surface area (Å²) in [5, 5.41) is 3.29. The lowest BCUT2D eigenvalue weighted by Crippen LogP contribution is -2.32. The lowest BCUT2D eigenvalue weighted by molar-refractivity contribution is -0.129. The van der Waals surface area contributed by atoms with Crippen LogP contribution in [0.3, 0.4) is 0 Å². The predicted octanol–water partition coefficient (Wildman–Crippen LogP) is 3.66. The van der Waals surface area contributed by atoms with E-state index in [1.54, 1.807) is 11.8 Å². The number of carbonyl (C=O) groups excluding carboxylic acids is 1. The van der Waals surface area contributed by atoms with Gasteiger partial charge < -0.3 is 15.0 Å². The molecule has 25 heavy (non-hydrogen) atoms. The van der Waals surface area contributed by atoms with Crippen LogP contribution in [0.4, 0.5) is 0 Å². The fourth-order valence-corrected chi connectivity index (χ4v) is 4.57. The van der Waals surface area contributed by atoms with Crippen molar-refractivity contribution < 1.29 is 9.53 Å². The van der Waals surface area contributed by atoms with E-state index in [1.165, 1.54) is 6.42 Å². The molecule has 130 valence electrons. The second-order valence-electron chi connectivity index (χ2n) is 6.58. The van der Waals surface area contributed by atoms with Crippen molar-refractivity contribution in [2.75, 3.05) is 25.5 Å². The van der Waals surface area contributed by atoms with E-state index in [-0.39, 0.29) is 11.2 Å². The molecule has 0 aromatic heterocycles. The molecule has 0 bridgehead atoms. The summed E-state index contributed by atoms with van der Waals surface area (Å²) in [4.78, 5) is 14.7. The van der Waals surface area contributed by atoms with Crippen LogP contribution in [0.2, 0.25) is 0 Å². The molecule has 2 atom stereocenters. The first kappa shape index (κ1) is 16.5. The van der Waals surface area contributed by atoms with Crippen molar-refractivity contribution in [1.29, 1.82) is 0 Å². The number of amides is 1. The zero-order valence-corrected chi connectivity index (χ0v) is 14.9.